The fourth-order valence-electron chi connectivity index (χ4n) is 3.11. The Morgan fingerprint density at radius 1 is 1.05 bits per heavy atom. The van der Waals surface area contributed by atoms with Gasteiger partial charge in [0.25, 0.3) is 0 Å². The van der Waals surface area contributed by atoms with Crippen LogP contribution in [0.1, 0.15) is 37.3 Å². The fourth-order valence-corrected chi connectivity index (χ4v) is 3.11. The number of alkyl halides is 3. The molecular weight excluding hydrogens is 251 g/mol. The van der Waals surface area contributed by atoms with Crippen LogP contribution in [0.3, 0.4) is 0 Å². The van der Waals surface area contributed by atoms with Gasteiger partial charge in [-0.05, 0) is 44.2 Å². The summed E-state index contributed by atoms with van der Waals surface area (Å²) >= 11 is 0. The van der Waals surface area contributed by atoms with Crippen LogP contribution in [0.4, 0.5) is 13.2 Å². The third-order valence-corrected chi connectivity index (χ3v) is 4.18. The molecule has 1 aromatic rings. The number of hydrogen-bond acceptors (Lipinski definition) is 1. The van der Waals surface area contributed by atoms with Crippen molar-refractivity contribution >= 4 is 0 Å². The average molecular weight is 271 g/mol. The molecule has 4 heteroatoms. The van der Waals surface area contributed by atoms with Gasteiger partial charge in [-0.3, -0.25) is 0 Å². The number of benzene rings is 1. The van der Waals surface area contributed by atoms with E-state index in [0.29, 0.717) is 18.8 Å². The van der Waals surface area contributed by atoms with E-state index >= 15 is 0 Å². The molecule has 1 aliphatic carbocycles. The Morgan fingerprint density at radius 3 is 2.11 bits per heavy atom. The van der Waals surface area contributed by atoms with Crippen LogP contribution in [0.2, 0.25) is 0 Å². The number of halogens is 3. The lowest BCUT2D eigenvalue weighted by atomic mass is 9.76. The fraction of sp³-hybridized carbons (Fsp3) is 0.600. The van der Waals surface area contributed by atoms with Crippen molar-refractivity contribution in [1.29, 1.82) is 0 Å². The first-order valence-corrected chi connectivity index (χ1v) is 6.81. The van der Waals surface area contributed by atoms with Crippen molar-refractivity contribution in [3.05, 3.63) is 35.9 Å². The lowest BCUT2D eigenvalue weighted by Gasteiger charge is -2.34. The van der Waals surface area contributed by atoms with E-state index in [1.807, 2.05) is 37.4 Å². The molecule has 1 saturated carbocycles. The Labute approximate surface area is 112 Å². The molecule has 106 valence electrons. The minimum atomic E-state index is -4.02. The smallest absolute Gasteiger partial charge is 0.313 e. The Kier molecular flexibility index (Phi) is 4.50. The third kappa shape index (κ3) is 3.50. The molecule has 0 radical (unpaired) electrons. The van der Waals surface area contributed by atoms with E-state index in [1.54, 1.807) is 0 Å². The molecule has 0 heterocycles. The van der Waals surface area contributed by atoms with Crippen LogP contribution in [0.25, 0.3) is 0 Å². The Bertz CT molecular complexity index is 380. The maximum absolute atomic E-state index is 12.7. The number of nitrogens with one attached hydrogen (secondary N) is 1. The molecule has 19 heavy (non-hydrogen) atoms. The maximum atomic E-state index is 12.7. The summed E-state index contributed by atoms with van der Waals surface area (Å²) in [6.45, 7) is 0. The lowest BCUT2D eigenvalue weighted by molar-refractivity contribution is -0.184. The van der Waals surface area contributed by atoms with Crippen molar-refractivity contribution in [2.24, 2.45) is 11.8 Å². The predicted octanol–water partition coefficient (Wildman–Crippen LogP) is 4.32. The van der Waals surface area contributed by atoms with E-state index in [-0.39, 0.29) is 18.9 Å². The molecule has 1 fully saturated rings. The first-order valence-electron chi connectivity index (χ1n) is 6.81. The largest absolute Gasteiger partial charge is 0.391 e. The van der Waals surface area contributed by atoms with E-state index in [4.69, 9.17) is 0 Å². The van der Waals surface area contributed by atoms with Crippen LogP contribution in [0, 0.1) is 11.8 Å². The molecule has 0 amide bonds. The van der Waals surface area contributed by atoms with E-state index in [2.05, 4.69) is 5.32 Å². The van der Waals surface area contributed by atoms with Crippen LogP contribution < -0.4 is 5.32 Å². The zero-order valence-electron chi connectivity index (χ0n) is 11.1. The van der Waals surface area contributed by atoms with Crippen molar-refractivity contribution in [1.82, 2.24) is 5.32 Å². The zero-order chi connectivity index (χ0) is 13.9. The quantitative estimate of drug-likeness (QED) is 0.863. The highest BCUT2D eigenvalue weighted by molar-refractivity contribution is 5.19. The van der Waals surface area contributed by atoms with Gasteiger partial charge in [0.2, 0.25) is 0 Å². The summed E-state index contributed by atoms with van der Waals surface area (Å²) in [4.78, 5) is 0. The van der Waals surface area contributed by atoms with Crippen molar-refractivity contribution in [3.63, 3.8) is 0 Å². The topological polar surface area (TPSA) is 12.0 Å². The van der Waals surface area contributed by atoms with Crippen molar-refractivity contribution in [2.45, 2.75) is 37.9 Å². The van der Waals surface area contributed by atoms with E-state index in [1.165, 1.54) is 5.56 Å². The first-order chi connectivity index (χ1) is 9.02. The molecular formula is C15H20F3N. The highest BCUT2D eigenvalue weighted by atomic mass is 19.4. The SMILES string of the molecule is CNC(c1ccccc1)C1CCC(C(F)(F)F)CC1. The van der Waals surface area contributed by atoms with Crippen LogP contribution in [0.5, 0.6) is 0 Å². The first kappa shape index (κ1) is 14.4. The Balaban J connectivity index is 2.00. The normalized spacial score (nSPS) is 26.1. The predicted molar refractivity (Wildman–Crippen MR) is 69.7 cm³/mol. The summed E-state index contributed by atoms with van der Waals surface area (Å²) in [7, 11) is 1.88. The number of rotatable bonds is 3. The third-order valence-electron chi connectivity index (χ3n) is 4.18. The highest BCUT2D eigenvalue weighted by Crippen LogP contribution is 2.42. The summed E-state index contributed by atoms with van der Waals surface area (Å²) in [6.07, 6.45) is -2.21. The van der Waals surface area contributed by atoms with Crippen molar-refractivity contribution < 1.29 is 13.2 Å². The van der Waals surface area contributed by atoms with E-state index in [0.717, 1.165) is 0 Å². The summed E-state index contributed by atoms with van der Waals surface area (Å²) in [5.74, 6) is -0.803. The number of hydrogen-bond donors (Lipinski definition) is 1. The molecule has 1 N–H and O–H groups in total. The van der Waals surface area contributed by atoms with Gasteiger partial charge in [0, 0.05) is 6.04 Å². The minimum Gasteiger partial charge on any atom is -0.313 e. The second-order valence-corrected chi connectivity index (χ2v) is 5.33. The van der Waals surface area contributed by atoms with E-state index in [9.17, 15) is 13.2 Å². The molecule has 0 bridgehead atoms. The molecule has 1 unspecified atom stereocenters. The molecule has 0 spiro atoms. The maximum Gasteiger partial charge on any atom is 0.391 e. The Morgan fingerprint density at radius 2 is 1.63 bits per heavy atom. The summed E-state index contributed by atoms with van der Waals surface area (Å²) in [5.41, 5.74) is 1.17. The van der Waals surface area contributed by atoms with Crippen LogP contribution in [-0.2, 0) is 0 Å². The highest BCUT2D eigenvalue weighted by Gasteiger charge is 2.42. The molecule has 0 aromatic heterocycles. The van der Waals surface area contributed by atoms with E-state index < -0.39 is 12.1 Å². The van der Waals surface area contributed by atoms with Crippen molar-refractivity contribution in [2.75, 3.05) is 7.05 Å². The monoisotopic (exact) mass is 271 g/mol. The van der Waals surface area contributed by atoms with Gasteiger partial charge in [0.05, 0.1) is 5.92 Å². The van der Waals surface area contributed by atoms with Crippen LogP contribution in [-0.4, -0.2) is 13.2 Å². The van der Waals surface area contributed by atoms with Gasteiger partial charge in [-0.1, -0.05) is 30.3 Å². The zero-order valence-corrected chi connectivity index (χ0v) is 11.1. The molecule has 0 aliphatic heterocycles. The Hall–Kier alpha value is -1.03. The van der Waals surface area contributed by atoms with Gasteiger partial charge >= 0.3 is 6.18 Å². The molecule has 1 aromatic carbocycles. The summed E-state index contributed by atoms with van der Waals surface area (Å²) in [6, 6.07) is 10.1. The summed E-state index contributed by atoms with van der Waals surface area (Å²) in [5, 5.41) is 3.26. The lowest BCUT2D eigenvalue weighted by Crippen LogP contribution is -2.33. The van der Waals surface area contributed by atoms with Crippen LogP contribution >= 0.6 is 0 Å². The summed E-state index contributed by atoms with van der Waals surface area (Å²) < 4.78 is 38.0. The van der Waals surface area contributed by atoms with Crippen molar-refractivity contribution in [3.8, 4) is 0 Å². The second kappa shape index (κ2) is 5.95. The van der Waals surface area contributed by atoms with Gasteiger partial charge < -0.3 is 5.32 Å². The minimum absolute atomic E-state index is 0.162. The van der Waals surface area contributed by atoms with Gasteiger partial charge in [-0.25, -0.2) is 0 Å². The molecule has 2 rings (SSSR count). The molecule has 1 atom stereocenters. The van der Waals surface area contributed by atoms with Crippen LogP contribution in [0.15, 0.2) is 30.3 Å². The molecule has 0 saturated heterocycles. The standard InChI is InChI=1S/C15H20F3N/c1-19-14(11-5-3-2-4-6-11)12-7-9-13(10-8-12)15(16,17)18/h2-6,12-14,19H,7-10H2,1H3. The second-order valence-electron chi connectivity index (χ2n) is 5.33. The van der Waals surface area contributed by atoms with Gasteiger partial charge in [0.15, 0.2) is 0 Å². The van der Waals surface area contributed by atoms with Gasteiger partial charge in [-0.2, -0.15) is 13.2 Å². The average Bonchev–Trinajstić information content (AvgIpc) is 2.40. The van der Waals surface area contributed by atoms with Gasteiger partial charge in [-0.15, -0.1) is 0 Å². The van der Waals surface area contributed by atoms with Gasteiger partial charge in [0.1, 0.15) is 0 Å². The molecule has 1 aliphatic rings. The molecule has 1 nitrogen and oxygen atoms in total.